The zero-order chi connectivity index (χ0) is 21.2. The number of carbonyl (C=O) groups excluding carboxylic acids is 1. The largest absolute Gasteiger partial charge is 0.311 e. The van der Waals surface area contributed by atoms with Gasteiger partial charge in [-0.1, -0.05) is 17.7 Å². The van der Waals surface area contributed by atoms with Crippen LogP contribution in [0.3, 0.4) is 0 Å². The minimum atomic E-state index is -3.89. The number of halogens is 2. The van der Waals surface area contributed by atoms with Gasteiger partial charge in [0.05, 0.1) is 15.7 Å². The van der Waals surface area contributed by atoms with Crippen LogP contribution in [0, 0.1) is 12.7 Å². The lowest BCUT2D eigenvalue weighted by molar-refractivity contribution is -0.114. The number of amides is 1. The first-order valence-corrected chi connectivity index (χ1v) is 10.6. The summed E-state index contributed by atoms with van der Waals surface area (Å²) in [5, 5.41) is 2.17. The van der Waals surface area contributed by atoms with Gasteiger partial charge >= 0.3 is 0 Å². The van der Waals surface area contributed by atoms with E-state index in [2.05, 4.69) is 15.3 Å². The fraction of sp³-hybridized carbons (Fsp3) is 0.150. The van der Waals surface area contributed by atoms with Crippen LogP contribution in [0.5, 0.6) is 0 Å². The van der Waals surface area contributed by atoms with Gasteiger partial charge in [-0.2, -0.15) is 0 Å². The predicted molar refractivity (Wildman–Crippen MR) is 109 cm³/mol. The van der Waals surface area contributed by atoms with E-state index in [0.717, 1.165) is 6.07 Å². The van der Waals surface area contributed by atoms with E-state index in [1.807, 2.05) is 0 Å². The van der Waals surface area contributed by atoms with E-state index in [9.17, 15) is 17.6 Å². The molecule has 0 radical (unpaired) electrons. The first-order valence-electron chi connectivity index (χ1n) is 8.53. The molecule has 0 aliphatic rings. The normalized spacial score (nSPS) is 11.3. The number of aromatic nitrogens is 2. The molecule has 0 saturated carbocycles. The number of aryl methyl sites for hydroxylation is 1. The van der Waals surface area contributed by atoms with Crippen LogP contribution in [0.4, 0.5) is 10.2 Å². The smallest absolute Gasteiger partial charge is 0.222 e. The molecule has 0 spiro atoms. The van der Waals surface area contributed by atoms with Crippen LogP contribution in [-0.4, -0.2) is 24.3 Å². The van der Waals surface area contributed by atoms with Gasteiger partial charge in [-0.15, -0.1) is 0 Å². The van der Waals surface area contributed by atoms with Gasteiger partial charge in [0.15, 0.2) is 9.84 Å². The van der Waals surface area contributed by atoms with Crippen molar-refractivity contribution in [2.45, 2.75) is 24.5 Å². The molecule has 0 atom stereocenters. The van der Waals surface area contributed by atoms with E-state index >= 15 is 0 Å². The average Bonchev–Trinajstić information content (AvgIpc) is 2.65. The van der Waals surface area contributed by atoms with Crippen LogP contribution in [0.1, 0.15) is 18.2 Å². The minimum absolute atomic E-state index is 0.254. The maximum atomic E-state index is 13.7. The first kappa shape index (κ1) is 20.9. The summed E-state index contributed by atoms with van der Waals surface area (Å²) < 4.78 is 39.3. The van der Waals surface area contributed by atoms with Crippen LogP contribution in [0.15, 0.2) is 53.7 Å². The predicted octanol–water partition coefficient (Wildman–Crippen LogP) is 4.18. The number of hydrogen-bond acceptors (Lipinski definition) is 5. The van der Waals surface area contributed by atoms with Crippen molar-refractivity contribution < 1.29 is 17.6 Å². The number of nitrogens with zero attached hydrogens (tertiary/aromatic N) is 2. The summed E-state index contributed by atoms with van der Waals surface area (Å²) in [5.41, 5.74) is 2.35. The summed E-state index contributed by atoms with van der Waals surface area (Å²) in [4.78, 5) is 19.3. The van der Waals surface area contributed by atoms with Crippen molar-refractivity contribution >= 4 is 33.2 Å². The summed E-state index contributed by atoms with van der Waals surface area (Å²) in [6.45, 7) is 3.07. The monoisotopic (exact) mass is 433 g/mol. The molecule has 9 heteroatoms. The molecule has 0 bridgehead atoms. The summed E-state index contributed by atoms with van der Waals surface area (Å²) in [6, 6.07) is 8.76. The minimum Gasteiger partial charge on any atom is -0.311 e. The Morgan fingerprint density at radius 1 is 1.17 bits per heavy atom. The molecule has 0 aliphatic carbocycles. The van der Waals surface area contributed by atoms with Gasteiger partial charge in [0, 0.05) is 30.6 Å². The molecule has 1 N–H and O–H groups in total. The standard InChI is InChI=1S/C20H17ClFN3O3S/c1-12-16(11-29(27,28)18-5-3-4-17(22)20(18)21)8-15(10-24-12)14-6-7-23-19(9-14)25-13(2)26/h3-10H,11H2,1-2H3,(H,23,25,26). The van der Waals surface area contributed by atoms with Crippen LogP contribution in [-0.2, 0) is 20.4 Å². The third kappa shape index (κ3) is 4.78. The van der Waals surface area contributed by atoms with Crippen molar-refractivity contribution in [3.05, 3.63) is 70.9 Å². The van der Waals surface area contributed by atoms with Crippen molar-refractivity contribution in [1.82, 2.24) is 9.97 Å². The highest BCUT2D eigenvalue weighted by Gasteiger charge is 2.22. The van der Waals surface area contributed by atoms with Gasteiger partial charge < -0.3 is 5.32 Å². The molecule has 2 heterocycles. The van der Waals surface area contributed by atoms with E-state index in [-0.39, 0.29) is 16.6 Å². The number of anilines is 1. The average molecular weight is 434 g/mol. The molecule has 1 amide bonds. The molecule has 3 aromatic rings. The number of sulfone groups is 1. The fourth-order valence-electron chi connectivity index (χ4n) is 2.75. The number of hydrogen-bond donors (Lipinski definition) is 1. The number of pyridine rings is 2. The Balaban J connectivity index is 1.98. The molecule has 0 saturated heterocycles. The molecular weight excluding hydrogens is 417 g/mol. The quantitative estimate of drug-likeness (QED) is 0.652. The van der Waals surface area contributed by atoms with E-state index in [1.165, 1.54) is 25.3 Å². The second-order valence-corrected chi connectivity index (χ2v) is 8.73. The van der Waals surface area contributed by atoms with Gasteiger partial charge in [0.25, 0.3) is 0 Å². The highest BCUT2D eigenvalue weighted by molar-refractivity contribution is 7.90. The van der Waals surface area contributed by atoms with Crippen LogP contribution >= 0.6 is 11.6 Å². The lowest BCUT2D eigenvalue weighted by Gasteiger charge is -2.11. The van der Waals surface area contributed by atoms with E-state index < -0.39 is 20.7 Å². The Labute approximate surface area is 172 Å². The molecule has 29 heavy (non-hydrogen) atoms. The van der Waals surface area contributed by atoms with Gasteiger partial charge in [-0.05, 0) is 48.4 Å². The maximum Gasteiger partial charge on any atom is 0.222 e. The third-order valence-corrected chi connectivity index (χ3v) is 6.38. The van der Waals surface area contributed by atoms with Gasteiger partial charge in [0.2, 0.25) is 5.91 Å². The summed E-state index contributed by atoms with van der Waals surface area (Å²) >= 11 is 5.86. The highest BCUT2D eigenvalue weighted by atomic mass is 35.5. The second kappa shape index (κ2) is 8.26. The van der Waals surface area contributed by atoms with Crippen LogP contribution < -0.4 is 5.32 Å². The van der Waals surface area contributed by atoms with Gasteiger partial charge in [-0.3, -0.25) is 9.78 Å². The van der Waals surface area contributed by atoms with Crippen molar-refractivity contribution in [2.24, 2.45) is 0 Å². The number of nitrogens with one attached hydrogen (secondary N) is 1. The first-order chi connectivity index (χ1) is 13.7. The van der Waals surface area contributed by atoms with Gasteiger partial charge in [-0.25, -0.2) is 17.8 Å². The third-order valence-electron chi connectivity index (χ3n) is 4.19. The summed E-state index contributed by atoms with van der Waals surface area (Å²) in [7, 11) is -3.89. The molecule has 150 valence electrons. The Morgan fingerprint density at radius 3 is 2.66 bits per heavy atom. The molecule has 0 fully saturated rings. The molecular formula is C20H17ClFN3O3S. The molecule has 0 aliphatic heterocycles. The van der Waals surface area contributed by atoms with E-state index in [1.54, 1.807) is 31.3 Å². The highest BCUT2D eigenvalue weighted by Crippen LogP contribution is 2.29. The Morgan fingerprint density at radius 2 is 1.93 bits per heavy atom. The Hall–Kier alpha value is -2.84. The topological polar surface area (TPSA) is 89.0 Å². The van der Waals surface area contributed by atoms with Crippen molar-refractivity contribution in [2.75, 3.05) is 5.32 Å². The van der Waals surface area contributed by atoms with Crippen molar-refractivity contribution in [1.29, 1.82) is 0 Å². The SMILES string of the molecule is CC(=O)Nc1cc(-c2cnc(C)c(CS(=O)(=O)c3cccc(F)c3Cl)c2)ccn1. The molecule has 0 unspecified atom stereocenters. The lowest BCUT2D eigenvalue weighted by atomic mass is 10.1. The van der Waals surface area contributed by atoms with E-state index in [0.29, 0.717) is 28.2 Å². The van der Waals surface area contributed by atoms with Crippen molar-refractivity contribution in [3.8, 4) is 11.1 Å². The zero-order valence-corrected chi connectivity index (χ0v) is 17.2. The fourth-order valence-corrected chi connectivity index (χ4v) is 4.74. The molecule has 1 aromatic carbocycles. The zero-order valence-electron chi connectivity index (χ0n) is 15.6. The molecule has 2 aromatic heterocycles. The Bertz CT molecular complexity index is 1200. The van der Waals surface area contributed by atoms with Crippen molar-refractivity contribution in [3.63, 3.8) is 0 Å². The van der Waals surface area contributed by atoms with Gasteiger partial charge in [0.1, 0.15) is 11.6 Å². The summed E-state index contributed by atoms with van der Waals surface area (Å²) in [5.74, 6) is -1.06. The molecule has 3 rings (SSSR count). The molecule has 6 nitrogen and oxygen atoms in total. The number of benzene rings is 1. The van der Waals surface area contributed by atoms with Crippen LogP contribution in [0.25, 0.3) is 11.1 Å². The summed E-state index contributed by atoms with van der Waals surface area (Å²) in [6.07, 6.45) is 3.14. The Kier molecular flexibility index (Phi) is 5.95. The second-order valence-electron chi connectivity index (χ2n) is 6.39. The van der Waals surface area contributed by atoms with Crippen LogP contribution in [0.2, 0.25) is 5.02 Å². The number of carbonyl (C=O) groups is 1. The van der Waals surface area contributed by atoms with E-state index in [4.69, 9.17) is 11.6 Å². The number of rotatable bonds is 5. The lowest BCUT2D eigenvalue weighted by Crippen LogP contribution is -2.09. The maximum absolute atomic E-state index is 13.7.